The first-order valence-corrected chi connectivity index (χ1v) is 4.90. The number of aromatic carboxylic acids is 1. The Hall–Kier alpha value is -1.29. The minimum Gasteiger partial charge on any atom is -0.477 e. The number of fused-ring (bicyclic) bond motifs is 1. The maximum atomic E-state index is 10.7. The van der Waals surface area contributed by atoms with E-state index in [2.05, 4.69) is 17.2 Å². The largest absolute Gasteiger partial charge is 0.477 e. The number of carboxylic acids is 1. The van der Waals surface area contributed by atoms with Crippen LogP contribution in [0.4, 0.5) is 0 Å². The van der Waals surface area contributed by atoms with Crippen molar-refractivity contribution >= 4 is 5.97 Å². The Bertz CT molecular complexity index is 357. The van der Waals surface area contributed by atoms with Crippen molar-refractivity contribution in [2.75, 3.05) is 6.54 Å². The van der Waals surface area contributed by atoms with E-state index >= 15 is 0 Å². The molecule has 1 atom stereocenters. The second kappa shape index (κ2) is 3.46. The average molecular weight is 194 g/mol. The van der Waals surface area contributed by atoms with Crippen LogP contribution in [0.25, 0.3) is 0 Å². The van der Waals surface area contributed by atoms with E-state index in [1.165, 1.54) is 0 Å². The molecule has 14 heavy (non-hydrogen) atoms. The summed E-state index contributed by atoms with van der Waals surface area (Å²) in [6.07, 6.45) is 2.01. The van der Waals surface area contributed by atoms with E-state index in [1.54, 1.807) is 6.07 Å². The number of aromatic amines is 1. The molecule has 76 valence electrons. The number of hydrogen-bond donors (Lipinski definition) is 3. The van der Waals surface area contributed by atoms with Crippen molar-refractivity contribution in [1.29, 1.82) is 0 Å². The zero-order valence-electron chi connectivity index (χ0n) is 8.13. The van der Waals surface area contributed by atoms with Gasteiger partial charge in [0.25, 0.3) is 0 Å². The third-order valence-electron chi connectivity index (χ3n) is 2.67. The van der Waals surface area contributed by atoms with Gasteiger partial charge in [-0.2, -0.15) is 0 Å². The number of hydrogen-bond acceptors (Lipinski definition) is 2. The summed E-state index contributed by atoms with van der Waals surface area (Å²) >= 11 is 0. The highest BCUT2D eigenvalue weighted by Gasteiger charge is 2.25. The first kappa shape index (κ1) is 9.27. The van der Waals surface area contributed by atoms with Gasteiger partial charge in [0.05, 0.1) is 0 Å². The van der Waals surface area contributed by atoms with Gasteiger partial charge in [-0.25, -0.2) is 4.79 Å². The van der Waals surface area contributed by atoms with Crippen molar-refractivity contribution in [1.82, 2.24) is 10.3 Å². The number of aromatic nitrogens is 1. The Balaban J connectivity index is 2.26. The van der Waals surface area contributed by atoms with Crippen LogP contribution in [-0.2, 0) is 6.42 Å². The molecule has 1 aliphatic rings. The molecule has 0 saturated heterocycles. The highest BCUT2D eigenvalue weighted by atomic mass is 16.4. The topological polar surface area (TPSA) is 65.1 Å². The smallest absolute Gasteiger partial charge is 0.352 e. The second-order valence-electron chi connectivity index (χ2n) is 3.57. The predicted octanol–water partition coefficient (Wildman–Crippen LogP) is 1.31. The Morgan fingerprint density at radius 2 is 2.57 bits per heavy atom. The predicted molar refractivity (Wildman–Crippen MR) is 52.5 cm³/mol. The summed E-state index contributed by atoms with van der Waals surface area (Å²) < 4.78 is 0. The maximum absolute atomic E-state index is 10.7. The Morgan fingerprint density at radius 3 is 3.21 bits per heavy atom. The fourth-order valence-corrected chi connectivity index (χ4v) is 2.05. The minimum absolute atomic E-state index is 0.303. The van der Waals surface area contributed by atoms with Crippen molar-refractivity contribution in [3.63, 3.8) is 0 Å². The third-order valence-corrected chi connectivity index (χ3v) is 2.67. The zero-order chi connectivity index (χ0) is 10.1. The molecule has 0 spiro atoms. The second-order valence-corrected chi connectivity index (χ2v) is 3.57. The number of H-pyrrole nitrogens is 1. The molecule has 2 rings (SSSR count). The molecule has 4 heteroatoms. The van der Waals surface area contributed by atoms with Crippen LogP contribution in [0.5, 0.6) is 0 Å². The molecule has 1 heterocycles. The van der Waals surface area contributed by atoms with Crippen molar-refractivity contribution in [3.05, 3.63) is 23.0 Å². The van der Waals surface area contributed by atoms with Crippen LogP contribution >= 0.6 is 0 Å². The van der Waals surface area contributed by atoms with Crippen LogP contribution in [-0.4, -0.2) is 22.6 Å². The molecule has 0 unspecified atom stereocenters. The Morgan fingerprint density at radius 1 is 1.79 bits per heavy atom. The van der Waals surface area contributed by atoms with Crippen molar-refractivity contribution in [2.24, 2.45) is 0 Å². The van der Waals surface area contributed by atoms with Gasteiger partial charge in [-0.05, 0) is 31.0 Å². The fraction of sp³-hybridized carbons (Fsp3) is 0.500. The van der Waals surface area contributed by atoms with E-state index in [0.29, 0.717) is 11.7 Å². The third kappa shape index (κ3) is 1.42. The molecule has 4 nitrogen and oxygen atoms in total. The summed E-state index contributed by atoms with van der Waals surface area (Å²) in [5.74, 6) is -0.880. The van der Waals surface area contributed by atoms with Crippen LogP contribution in [0.15, 0.2) is 6.07 Å². The van der Waals surface area contributed by atoms with E-state index < -0.39 is 5.97 Å². The van der Waals surface area contributed by atoms with Gasteiger partial charge < -0.3 is 15.4 Å². The monoisotopic (exact) mass is 194 g/mol. The average Bonchev–Trinajstić information content (AvgIpc) is 2.67. The lowest BCUT2D eigenvalue weighted by atomic mass is 10.1. The minimum atomic E-state index is -0.880. The molecule has 0 amide bonds. The number of aryl methyl sites for hydroxylation is 1. The normalized spacial score (nSPS) is 19.6. The fourth-order valence-electron chi connectivity index (χ4n) is 2.05. The number of rotatable bonds is 3. The standard InChI is InChI=1S/C10H14N2O2/c1-2-11-7-3-4-8-6(7)5-9(12-8)10(13)14/h5,7,11-12H,2-4H2,1H3,(H,13,14)/t7-/m0/s1. The maximum Gasteiger partial charge on any atom is 0.352 e. The summed E-state index contributed by atoms with van der Waals surface area (Å²) in [7, 11) is 0. The van der Waals surface area contributed by atoms with Gasteiger partial charge in [0.1, 0.15) is 5.69 Å². The summed E-state index contributed by atoms with van der Waals surface area (Å²) in [6, 6.07) is 2.08. The van der Waals surface area contributed by atoms with E-state index in [0.717, 1.165) is 30.6 Å². The van der Waals surface area contributed by atoms with Gasteiger partial charge in [-0.15, -0.1) is 0 Å². The van der Waals surface area contributed by atoms with Gasteiger partial charge >= 0.3 is 5.97 Å². The van der Waals surface area contributed by atoms with Gasteiger partial charge in [0, 0.05) is 11.7 Å². The SMILES string of the molecule is CCN[C@H]1CCc2[nH]c(C(=O)O)cc21. The Kier molecular flexibility index (Phi) is 2.29. The first-order valence-electron chi connectivity index (χ1n) is 4.90. The number of carbonyl (C=O) groups is 1. The van der Waals surface area contributed by atoms with Gasteiger partial charge in [0.2, 0.25) is 0 Å². The molecule has 0 aromatic carbocycles. The van der Waals surface area contributed by atoms with Gasteiger partial charge in [-0.3, -0.25) is 0 Å². The van der Waals surface area contributed by atoms with Gasteiger partial charge in [-0.1, -0.05) is 6.92 Å². The van der Waals surface area contributed by atoms with Crippen LogP contribution in [0, 0.1) is 0 Å². The number of carboxylic acid groups (broad SMARTS) is 1. The van der Waals surface area contributed by atoms with Gasteiger partial charge in [0.15, 0.2) is 0 Å². The lowest BCUT2D eigenvalue weighted by Crippen LogP contribution is -2.17. The zero-order valence-corrected chi connectivity index (χ0v) is 8.13. The first-order chi connectivity index (χ1) is 6.72. The van der Waals surface area contributed by atoms with E-state index in [-0.39, 0.29) is 0 Å². The molecular weight excluding hydrogens is 180 g/mol. The summed E-state index contributed by atoms with van der Waals surface area (Å²) in [5.41, 5.74) is 2.51. The Labute approximate surface area is 82.3 Å². The van der Waals surface area contributed by atoms with E-state index in [4.69, 9.17) is 5.11 Å². The lowest BCUT2D eigenvalue weighted by Gasteiger charge is -2.09. The van der Waals surface area contributed by atoms with Crippen LogP contribution in [0.2, 0.25) is 0 Å². The summed E-state index contributed by atoms with van der Waals surface area (Å²) in [4.78, 5) is 13.7. The molecule has 1 aromatic rings. The molecule has 0 aliphatic heterocycles. The highest BCUT2D eigenvalue weighted by molar-refractivity contribution is 5.86. The molecule has 0 fully saturated rings. The number of nitrogens with one attached hydrogen (secondary N) is 2. The van der Waals surface area contributed by atoms with Crippen LogP contribution < -0.4 is 5.32 Å². The van der Waals surface area contributed by atoms with E-state index in [9.17, 15) is 4.79 Å². The molecule has 0 bridgehead atoms. The molecule has 1 aliphatic carbocycles. The van der Waals surface area contributed by atoms with Crippen molar-refractivity contribution < 1.29 is 9.90 Å². The molecule has 0 radical (unpaired) electrons. The molecule has 0 saturated carbocycles. The van der Waals surface area contributed by atoms with Crippen molar-refractivity contribution in [2.45, 2.75) is 25.8 Å². The molecule has 1 aromatic heterocycles. The van der Waals surface area contributed by atoms with Crippen LogP contribution in [0.3, 0.4) is 0 Å². The summed E-state index contributed by atoms with van der Waals surface area (Å²) in [6.45, 7) is 2.97. The molecule has 3 N–H and O–H groups in total. The lowest BCUT2D eigenvalue weighted by molar-refractivity contribution is 0.0691. The van der Waals surface area contributed by atoms with Crippen LogP contribution in [0.1, 0.15) is 41.1 Å². The van der Waals surface area contributed by atoms with E-state index in [1.807, 2.05) is 0 Å². The quantitative estimate of drug-likeness (QED) is 0.679. The summed E-state index contributed by atoms with van der Waals surface area (Å²) in [5, 5.41) is 12.1. The van der Waals surface area contributed by atoms with Crippen molar-refractivity contribution in [3.8, 4) is 0 Å². The molecular formula is C10H14N2O2. The highest BCUT2D eigenvalue weighted by Crippen LogP contribution is 2.31.